The summed E-state index contributed by atoms with van der Waals surface area (Å²) in [5.74, 6) is 1.50. The summed E-state index contributed by atoms with van der Waals surface area (Å²) >= 11 is 1.55. The number of aryl methyl sites for hydroxylation is 1. The number of hydrogen-bond acceptors (Lipinski definition) is 15. The van der Waals surface area contributed by atoms with Crippen LogP contribution < -0.4 is 29.0 Å². The van der Waals surface area contributed by atoms with E-state index in [4.69, 9.17) is 33.2 Å². The number of methoxy groups -OCH3 is 1. The second-order valence-corrected chi connectivity index (χ2v) is 19.3. The molecule has 0 aliphatic carbocycles. The molecular formula is C46H52N4O11S. The average molecular weight is 869 g/mol. The Morgan fingerprint density at radius 3 is 2.56 bits per heavy atom. The first kappa shape index (κ1) is 41.2. The number of nitrogens with zero attached hydrogens (tertiary/aromatic N) is 2. The minimum atomic E-state index is -1.20. The Hall–Kier alpha value is -4.84. The molecular weight excluding hydrogens is 817 g/mol. The quantitative estimate of drug-likeness (QED) is 0.128. The highest BCUT2D eigenvalue weighted by atomic mass is 32.2. The van der Waals surface area contributed by atoms with Gasteiger partial charge in [-0.2, -0.15) is 0 Å². The molecule has 328 valence electrons. The van der Waals surface area contributed by atoms with Gasteiger partial charge in [-0.1, -0.05) is 24.3 Å². The summed E-state index contributed by atoms with van der Waals surface area (Å²) in [4.78, 5) is 49.7. The average Bonchev–Trinajstić information content (AvgIpc) is 3.85. The number of fused-ring (bicyclic) bond motifs is 12. The van der Waals surface area contributed by atoms with E-state index in [-0.39, 0.29) is 37.3 Å². The number of para-hydroxylation sites is 1. The van der Waals surface area contributed by atoms with Crippen molar-refractivity contribution < 1.29 is 52.6 Å². The number of benzene rings is 3. The van der Waals surface area contributed by atoms with Gasteiger partial charge in [-0.05, 0) is 77.3 Å². The molecule has 0 saturated carbocycles. The number of ketones is 1. The third kappa shape index (κ3) is 6.15. The van der Waals surface area contributed by atoms with Gasteiger partial charge in [0.2, 0.25) is 6.79 Å². The fourth-order valence-corrected chi connectivity index (χ4v) is 12.8. The van der Waals surface area contributed by atoms with Gasteiger partial charge in [0, 0.05) is 64.1 Å². The zero-order chi connectivity index (χ0) is 43.6. The fraction of sp³-hybridized carbons (Fsp3) is 0.500. The molecule has 3 N–H and O–H groups in total. The molecule has 1 unspecified atom stereocenters. The molecule has 4 aromatic rings. The number of likely N-dealkylation sites (N-methyl/N-ethyl adjacent to an activating group) is 1. The zero-order valence-corrected chi connectivity index (χ0v) is 36.9. The molecule has 0 amide bonds. The first-order valence-corrected chi connectivity index (χ1v) is 22.2. The summed E-state index contributed by atoms with van der Waals surface area (Å²) in [6, 6.07) is 7.83. The first-order valence-electron chi connectivity index (χ1n) is 21.1. The Labute approximate surface area is 363 Å². The molecule has 7 aliphatic rings. The minimum Gasteiger partial charge on any atom is -0.493 e. The molecule has 2 fully saturated rings. The largest absolute Gasteiger partial charge is 0.514 e. The summed E-state index contributed by atoms with van der Waals surface area (Å²) in [6.45, 7) is 10.7. The Balaban J connectivity index is 1.23. The number of Topliss-reactive ketones (excluding diaryl/α,β-unsaturated/α-hetero) is 1. The maximum Gasteiger partial charge on any atom is 0.514 e. The zero-order valence-electron chi connectivity index (χ0n) is 36.1. The number of H-pyrrole nitrogens is 1. The van der Waals surface area contributed by atoms with Crippen molar-refractivity contribution in [1.82, 2.24) is 20.1 Å². The standard InChI is InChI=1S/C46H52N4O11S/c1-21-15-24-16-28-43(53)50-29-17-56-18-30(52)46(42-26(13-14-47-46)25-11-9-10-12-27(25)48-42)19-62-41(33-32(29)39-38(57-20-58-39)22(2)37(33)59-23(3)51)35(50)34(49(28)7)31(24)40(36(21)55-8)60-44(54)61-45(4,5)6/h9-12,15,28-29,34-35,41,43,47-48,53H,13-14,16-20H2,1-8H3/t28-,29+,34+,35?,41+,43-,46-/m0/s1. The van der Waals surface area contributed by atoms with Gasteiger partial charge in [0.15, 0.2) is 28.8 Å². The van der Waals surface area contributed by atoms with E-state index < -0.39 is 58.9 Å². The summed E-state index contributed by atoms with van der Waals surface area (Å²) in [5, 5.41) is 17.0. The minimum absolute atomic E-state index is 0.0216. The monoisotopic (exact) mass is 868 g/mol. The number of ether oxygens (including phenoxy) is 7. The number of esters is 1. The molecule has 0 radical (unpaired) electrons. The second-order valence-electron chi connectivity index (χ2n) is 18.2. The molecule has 16 heteroatoms. The topological polar surface area (TPSA) is 170 Å². The van der Waals surface area contributed by atoms with Crippen LogP contribution >= 0.6 is 11.8 Å². The Morgan fingerprint density at radius 1 is 1.03 bits per heavy atom. The van der Waals surface area contributed by atoms with Gasteiger partial charge >= 0.3 is 12.1 Å². The van der Waals surface area contributed by atoms with Crippen molar-refractivity contribution in [3.63, 3.8) is 0 Å². The molecule has 7 aliphatic heterocycles. The van der Waals surface area contributed by atoms with E-state index in [1.54, 1.807) is 39.6 Å². The third-order valence-electron chi connectivity index (χ3n) is 13.4. The van der Waals surface area contributed by atoms with Crippen LogP contribution in [0.2, 0.25) is 0 Å². The normalized spacial score (nSPS) is 27.8. The number of nitrogens with one attached hydrogen (secondary N) is 2. The number of carbonyl (C=O) groups excluding carboxylic acids is 3. The molecule has 62 heavy (non-hydrogen) atoms. The van der Waals surface area contributed by atoms with Crippen molar-refractivity contribution in [2.75, 3.05) is 46.5 Å². The number of hydrogen-bond donors (Lipinski definition) is 3. The van der Waals surface area contributed by atoms with Crippen LogP contribution in [0.3, 0.4) is 0 Å². The van der Waals surface area contributed by atoms with E-state index in [1.807, 2.05) is 45.2 Å². The van der Waals surface area contributed by atoms with Crippen LogP contribution in [0.15, 0.2) is 30.3 Å². The number of aliphatic hydroxyl groups excluding tert-OH is 1. The second kappa shape index (κ2) is 14.9. The Morgan fingerprint density at radius 2 is 1.81 bits per heavy atom. The lowest BCUT2D eigenvalue weighted by Crippen LogP contribution is -2.69. The first-order chi connectivity index (χ1) is 29.6. The highest BCUT2D eigenvalue weighted by Gasteiger charge is 2.61. The molecule has 1 spiro atoms. The number of aliphatic hydroxyl groups is 1. The SMILES string of the molecule is COc1c(C)cc2c(c1OC(=O)OC(C)(C)C)[C@@H]1C3[C@@H]4SC[C@]5(NCCc6c5[nH]c5ccccc65)C(=O)COC[C@H](c5c6c(c(C)c(OC(C)=O)c54)OCO6)N3[C@@H](O)[C@H](C2)N1C. The van der Waals surface area contributed by atoms with Crippen LogP contribution in [-0.4, -0.2) is 108 Å². The summed E-state index contributed by atoms with van der Waals surface area (Å²) in [5.41, 5.74) is 5.12. The van der Waals surface area contributed by atoms with Crippen LogP contribution in [0.5, 0.6) is 28.7 Å². The number of piperazine rings is 1. The van der Waals surface area contributed by atoms with Gasteiger partial charge in [0.1, 0.15) is 29.7 Å². The molecule has 8 heterocycles. The van der Waals surface area contributed by atoms with E-state index in [0.29, 0.717) is 58.2 Å². The maximum absolute atomic E-state index is 15.0. The van der Waals surface area contributed by atoms with Crippen LogP contribution in [-0.2, 0) is 37.4 Å². The van der Waals surface area contributed by atoms with Gasteiger partial charge in [0.05, 0.1) is 37.1 Å². The Bertz CT molecular complexity index is 2550. The summed E-state index contributed by atoms with van der Waals surface area (Å²) < 4.78 is 43.2. The predicted octanol–water partition coefficient (Wildman–Crippen LogP) is 5.83. The fourth-order valence-electron chi connectivity index (χ4n) is 11.0. The number of carbonyl (C=O) groups is 3. The Kier molecular flexibility index (Phi) is 9.88. The number of thioether (sulfide) groups is 1. The van der Waals surface area contributed by atoms with Gasteiger partial charge in [-0.25, -0.2) is 4.79 Å². The van der Waals surface area contributed by atoms with E-state index in [1.165, 1.54) is 6.92 Å². The van der Waals surface area contributed by atoms with E-state index >= 15 is 0 Å². The molecule has 11 rings (SSSR count). The van der Waals surface area contributed by atoms with Crippen LogP contribution in [0.4, 0.5) is 4.79 Å². The molecule has 4 bridgehead atoms. The van der Waals surface area contributed by atoms with Crippen LogP contribution in [0.1, 0.15) is 89.7 Å². The van der Waals surface area contributed by atoms with Crippen molar-refractivity contribution in [2.24, 2.45) is 0 Å². The lowest BCUT2D eigenvalue weighted by Gasteiger charge is -2.62. The molecule has 3 aromatic carbocycles. The lowest BCUT2D eigenvalue weighted by atomic mass is 9.73. The van der Waals surface area contributed by atoms with Crippen LogP contribution in [0.25, 0.3) is 10.9 Å². The van der Waals surface area contributed by atoms with E-state index in [9.17, 15) is 19.5 Å². The van der Waals surface area contributed by atoms with Crippen molar-refractivity contribution in [1.29, 1.82) is 0 Å². The number of rotatable bonds is 3. The van der Waals surface area contributed by atoms with E-state index in [0.717, 1.165) is 39.7 Å². The molecule has 15 nitrogen and oxygen atoms in total. The number of aromatic amines is 1. The summed E-state index contributed by atoms with van der Waals surface area (Å²) in [7, 11) is 3.52. The third-order valence-corrected chi connectivity index (χ3v) is 14.9. The smallest absolute Gasteiger partial charge is 0.493 e. The van der Waals surface area contributed by atoms with Crippen molar-refractivity contribution in [3.05, 3.63) is 75.0 Å². The maximum atomic E-state index is 15.0. The molecule has 7 atom stereocenters. The number of aromatic nitrogens is 1. The molecule has 2 saturated heterocycles. The van der Waals surface area contributed by atoms with Crippen molar-refractivity contribution in [3.8, 4) is 28.7 Å². The summed E-state index contributed by atoms with van der Waals surface area (Å²) in [6.07, 6.45) is -0.786. The predicted molar refractivity (Wildman–Crippen MR) is 228 cm³/mol. The van der Waals surface area contributed by atoms with Gasteiger partial charge in [-0.15, -0.1) is 11.8 Å². The van der Waals surface area contributed by atoms with Gasteiger partial charge < -0.3 is 43.2 Å². The van der Waals surface area contributed by atoms with Crippen molar-refractivity contribution >= 4 is 40.6 Å². The molecule has 1 aromatic heterocycles. The highest BCUT2D eigenvalue weighted by Crippen LogP contribution is 2.64. The van der Waals surface area contributed by atoms with Crippen molar-refractivity contribution in [2.45, 2.75) is 101 Å². The van der Waals surface area contributed by atoms with Gasteiger partial charge in [0.25, 0.3) is 0 Å². The lowest BCUT2D eigenvalue weighted by molar-refractivity contribution is -0.181. The van der Waals surface area contributed by atoms with Gasteiger partial charge in [-0.3, -0.25) is 24.7 Å². The van der Waals surface area contributed by atoms with E-state index in [2.05, 4.69) is 26.2 Å². The highest BCUT2D eigenvalue weighted by molar-refractivity contribution is 7.99. The van der Waals surface area contributed by atoms with Crippen LogP contribution in [0, 0.1) is 13.8 Å².